The van der Waals surface area contributed by atoms with Gasteiger partial charge >= 0.3 is 0 Å². The molecule has 0 saturated heterocycles. The van der Waals surface area contributed by atoms with E-state index in [4.69, 9.17) is 23.8 Å². The Morgan fingerprint density at radius 3 is 2.62 bits per heavy atom. The molecule has 1 aliphatic rings. The molecule has 0 aromatic heterocycles. The van der Waals surface area contributed by atoms with Gasteiger partial charge in [-0.25, -0.2) is 4.39 Å². The minimum Gasteiger partial charge on any atom is -0.342 e. The van der Waals surface area contributed by atoms with Gasteiger partial charge in [0.15, 0.2) is 5.11 Å². The lowest BCUT2D eigenvalue weighted by Gasteiger charge is -2.32. The van der Waals surface area contributed by atoms with Crippen LogP contribution in [0.4, 0.5) is 10.1 Å². The Morgan fingerprint density at radius 2 is 2.00 bits per heavy atom. The second kappa shape index (κ2) is 7.49. The number of hydrogen-bond acceptors (Lipinski definition) is 1. The quantitative estimate of drug-likeness (QED) is 0.709. The molecule has 1 saturated carbocycles. The van der Waals surface area contributed by atoms with Crippen LogP contribution < -0.4 is 5.32 Å². The van der Waals surface area contributed by atoms with Gasteiger partial charge in [-0.15, -0.1) is 0 Å². The first-order valence-corrected chi connectivity index (χ1v) is 8.90. The van der Waals surface area contributed by atoms with Gasteiger partial charge in [0.1, 0.15) is 5.82 Å². The zero-order valence-corrected chi connectivity index (χ0v) is 15.1. The molecular formula is C19H20ClFN2S. The Bertz CT molecular complexity index is 719. The number of nitrogens with one attached hydrogen (secondary N) is 1. The summed E-state index contributed by atoms with van der Waals surface area (Å²) >= 11 is 11.5. The molecule has 0 heterocycles. The summed E-state index contributed by atoms with van der Waals surface area (Å²) in [5, 5.41) is 3.93. The molecule has 2 nitrogen and oxygen atoms in total. The normalized spacial score (nSPS) is 15.0. The Hall–Kier alpha value is -1.65. The minimum absolute atomic E-state index is 0.0904. The van der Waals surface area contributed by atoms with E-state index in [2.05, 4.69) is 29.3 Å². The first-order chi connectivity index (χ1) is 11.5. The van der Waals surface area contributed by atoms with Gasteiger partial charge in [-0.1, -0.05) is 41.9 Å². The summed E-state index contributed by atoms with van der Waals surface area (Å²) in [4.78, 5) is 2.21. The van der Waals surface area contributed by atoms with Crippen molar-refractivity contribution >= 4 is 34.6 Å². The fraction of sp³-hybridized carbons (Fsp3) is 0.316. The van der Waals surface area contributed by atoms with Crippen molar-refractivity contribution in [2.24, 2.45) is 5.92 Å². The molecule has 1 atom stereocenters. The van der Waals surface area contributed by atoms with Crippen LogP contribution in [0.1, 0.15) is 25.3 Å². The highest BCUT2D eigenvalue weighted by Gasteiger charge is 2.33. The van der Waals surface area contributed by atoms with Crippen LogP contribution >= 0.6 is 23.8 Å². The molecule has 1 unspecified atom stereocenters. The zero-order chi connectivity index (χ0) is 17.1. The molecule has 1 N–H and O–H groups in total. The van der Waals surface area contributed by atoms with Gasteiger partial charge in [-0.2, -0.15) is 0 Å². The van der Waals surface area contributed by atoms with Crippen LogP contribution in [0, 0.1) is 11.7 Å². The Morgan fingerprint density at radius 1 is 1.29 bits per heavy atom. The number of benzene rings is 2. The molecular weight excluding hydrogens is 343 g/mol. The monoisotopic (exact) mass is 362 g/mol. The molecule has 2 aromatic rings. The molecule has 126 valence electrons. The van der Waals surface area contributed by atoms with Crippen molar-refractivity contribution in [1.82, 2.24) is 4.90 Å². The van der Waals surface area contributed by atoms with Crippen LogP contribution in [0.25, 0.3) is 0 Å². The van der Waals surface area contributed by atoms with Gasteiger partial charge in [0.2, 0.25) is 0 Å². The molecule has 0 spiro atoms. The fourth-order valence-electron chi connectivity index (χ4n) is 2.78. The van der Waals surface area contributed by atoms with Crippen molar-refractivity contribution in [2.75, 3.05) is 5.32 Å². The second-order valence-electron chi connectivity index (χ2n) is 6.25. The predicted octanol–water partition coefficient (Wildman–Crippen LogP) is 5.48. The van der Waals surface area contributed by atoms with Gasteiger partial charge in [0.05, 0.1) is 5.02 Å². The van der Waals surface area contributed by atoms with Crippen LogP contribution in [0.2, 0.25) is 5.02 Å². The number of rotatable bonds is 5. The highest BCUT2D eigenvalue weighted by Crippen LogP contribution is 2.36. The minimum atomic E-state index is -0.430. The van der Waals surface area contributed by atoms with E-state index in [0.717, 1.165) is 6.54 Å². The van der Waals surface area contributed by atoms with E-state index in [1.54, 1.807) is 12.1 Å². The lowest BCUT2D eigenvalue weighted by Crippen LogP contribution is -2.41. The van der Waals surface area contributed by atoms with Gasteiger partial charge in [0.25, 0.3) is 0 Å². The number of thiocarbonyl (C=S) groups is 1. The Balaban J connectivity index is 1.76. The molecule has 3 rings (SSSR count). The molecule has 0 aliphatic heterocycles. The SMILES string of the molecule is CC(C1CC1)N(Cc1ccccc1)C(=S)Nc1ccc(F)c(Cl)c1. The first-order valence-electron chi connectivity index (χ1n) is 8.11. The van der Waals surface area contributed by atoms with Gasteiger partial charge in [-0.3, -0.25) is 0 Å². The molecule has 0 amide bonds. The first kappa shape index (κ1) is 17.2. The second-order valence-corrected chi connectivity index (χ2v) is 7.04. The highest BCUT2D eigenvalue weighted by molar-refractivity contribution is 7.80. The van der Waals surface area contributed by atoms with E-state index in [0.29, 0.717) is 22.8 Å². The maximum Gasteiger partial charge on any atom is 0.173 e. The zero-order valence-electron chi connectivity index (χ0n) is 13.5. The standard InChI is InChI=1S/C19H20ClFN2S/c1-13(15-7-8-15)23(12-14-5-3-2-4-6-14)19(24)22-16-9-10-18(21)17(20)11-16/h2-6,9-11,13,15H,7-8,12H2,1H3,(H,22,24). The summed E-state index contributed by atoms with van der Waals surface area (Å²) in [5.41, 5.74) is 1.92. The number of hydrogen-bond donors (Lipinski definition) is 1. The predicted molar refractivity (Wildman–Crippen MR) is 102 cm³/mol. The van der Waals surface area contributed by atoms with Crippen molar-refractivity contribution in [3.8, 4) is 0 Å². The van der Waals surface area contributed by atoms with E-state index >= 15 is 0 Å². The lowest BCUT2D eigenvalue weighted by molar-refractivity contribution is 0.298. The summed E-state index contributed by atoms with van der Waals surface area (Å²) in [6, 6.07) is 15.2. The van der Waals surface area contributed by atoms with Crippen LogP contribution in [0.3, 0.4) is 0 Å². The number of anilines is 1. The van der Waals surface area contributed by atoms with Crippen LogP contribution in [-0.4, -0.2) is 16.1 Å². The fourth-order valence-corrected chi connectivity index (χ4v) is 3.31. The molecule has 1 aliphatic carbocycles. The van der Waals surface area contributed by atoms with Crippen molar-refractivity contribution in [2.45, 2.75) is 32.4 Å². The Kier molecular flexibility index (Phi) is 5.36. The largest absolute Gasteiger partial charge is 0.342 e. The average molecular weight is 363 g/mol. The van der Waals surface area contributed by atoms with E-state index in [-0.39, 0.29) is 5.02 Å². The third-order valence-corrected chi connectivity index (χ3v) is 5.05. The topological polar surface area (TPSA) is 15.3 Å². The smallest absolute Gasteiger partial charge is 0.173 e. The van der Waals surface area contributed by atoms with E-state index in [1.165, 1.54) is 24.5 Å². The molecule has 5 heteroatoms. The summed E-state index contributed by atoms with van der Waals surface area (Å²) in [6.45, 7) is 2.96. The molecule has 24 heavy (non-hydrogen) atoms. The third-order valence-electron chi connectivity index (χ3n) is 4.42. The average Bonchev–Trinajstić information content (AvgIpc) is 3.41. The maximum atomic E-state index is 13.3. The van der Waals surface area contributed by atoms with Gasteiger partial charge in [-0.05, 0) is 61.7 Å². The van der Waals surface area contributed by atoms with Crippen LogP contribution in [0.5, 0.6) is 0 Å². The van der Waals surface area contributed by atoms with Gasteiger partial charge < -0.3 is 10.2 Å². The van der Waals surface area contributed by atoms with E-state index in [1.807, 2.05) is 18.2 Å². The molecule has 1 fully saturated rings. The number of nitrogens with zero attached hydrogens (tertiary/aromatic N) is 1. The highest BCUT2D eigenvalue weighted by atomic mass is 35.5. The van der Waals surface area contributed by atoms with Gasteiger partial charge in [0, 0.05) is 18.3 Å². The van der Waals surface area contributed by atoms with Crippen LogP contribution in [0.15, 0.2) is 48.5 Å². The van der Waals surface area contributed by atoms with E-state index in [9.17, 15) is 4.39 Å². The lowest BCUT2D eigenvalue weighted by atomic mass is 10.1. The summed E-state index contributed by atoms with van der Waals surface area (Å²) in [7, 11) is 0. The molecule has 2 aromatic carbocycles. The van der Waals surface area contributed by atoms with Crippen molar-refractivity contribution in [3.05, 3.63) is 64.9 Å². The Labute approximate surface area is 152 Å². The number of halogens is 2. The summed E-state index contributed by atoms with van der Waals surface area (Å²) in [5.74, 6) is 0.255. The van der Waals surface area contributed by atoms with Crippen molar-refractivity contribution in [3.63, 3.8) is 0 Å². The van der Waals surface area contributed by atoms with Crippen LogP contribution in [-0.2, 0) is 6.54 Å². The summed E-state index contributed by atoms with van der Waals surface area (Å²) in [6.07, 6.45) is 2.49. The summed E-state index contributed by atoms with van der Waals surface area (Å²) < 4.78 is 13.3. The van der Waals surface area contributed by atoms with E-state index < -0.39 is 5.82 Å². The maximum absolute atomic E-state index is 13.3. The molecule has 0 radical (unpaired) electrons. The molecule has 0 bridgehead atoms. The third kappa shape index (κ3) is 4.25. The van der Waals surface area contributed by atoms with Crippen molar-refractivity contribution < 1.29 is 4.39 Å². The van der Waals surface area contributed by atoms with Crippen molar-refractivity contribution in [1.29, 1.82) is 0 Å².